The number of fused-ring (bicyclic) bond motifs is 1. The summed E-state index contributed by atoms with van der Waals surface area (Å²) < 4.78 is 6.00. The van der Waals surface area contributed by atoms with Crippen LogP contribution < -0.4 is 10.1 Å². The lowest BCUT2D eigenvalue weighted by Gasteiger charge is -2.34. The van der Waals surface area contributed by atoms with E-state index in [-0.39, 0.29) is 18.2 Å². The zero-order valence-corrected chi connectivity index (χ0v) is 16.5. The van der Waals surface area contributed by atoms with Gasteiger partial charge in [-0.2, -0.15) is 0 Å². The lowest BCUT2D eigenvalue weighted by Crippen LogP contribution is -2.50. The second-order valence-electron chi connectivity index (χ2n) is 7.60. The van der Waals surface area contributed by atoms with E-state index in [9.17, 15) is 9.90 Å². The molecule has 1 fully saturated rings. The topological polar surface area (TPSA) is 61.8 Å². The molecule has 2 amide bonds. The van der Waals surface area contributed by atoms with Crippen molar-refractivity contribution < 1.29 is 14.6 Å². The quantitative estimate of drug-likeness (QED) is 0.813. The molecule has 0 radical (unpaired) electrons. The summed E-state index contributed by atoms with van der Waals surface area (Å²) in [5, 5.41) is 13.5. The Bertz CT molecular complexity index is 832. The fourth-order valence-corrected chi connectivity index (χ4v) is 4.14. The molecular weight excluding hydrogens is 376 g/mol. The summed E-state index contributed by atoms with van der Waals surface area (Å²) in [5.41, 5.74) is 2.40. The van der Waals surface area contributed by atoms with E-state index in [0.717, 1.165) is 37.9 Å². The predicted molar refractivity (Wildman–Crippen MR) is 109 cm³/mol. The maximum absolute atomic E-state index is 12.7. The van der Waals surface area contributed by atoms with Crippen molar-refractivity contribution in [2.24, 2.45) is 0 Å². The molecule has 5 nitrogen and oxygen atoms in total. The summed E-state index contributed by atoms with van der Waals surface area (Å²) >= 11 is 5.91. The van der Waals surface area contributed by atoms with Gasteiger partial charge in [0.2, 0.25) is 0 Å². The van der Waals surface area contributed by atoms with E-state index in [2.05, 4.69) is 5.32 Å². The first-order valence-electron chi connectivity index (χ1n) is 9.85. The number of rotatable bonds is 3. The van der Waals surface area contributed by atoms with Crippen LogP contribution in [0.1, 0.15) is 30.4 Å². The fourth-order valence-electron chi connectivity index (χ4n) is 4.01. The van der Waals surface area contributed by atoms with Crippen molar-refractivity contribution in [1.29, 1.82) is 0 Å². The number of nitrogens with one attached hydrogen (secondary N) is 1. The van der Waals surface area contributed by atoms with Gasteiger partial charge < -0.3 is 20.1 Å². The Balaban J connectivity index is 1.25. The number of carbonyl (C=O) groups excluding carboxylic acids is 1. The van der Waals surface area contributed by atoms with E-state index < -0.39 is 0 Å². The van der Waals surface area contributed by atoms with Crippen LogP contribution in [0.4, 0.5) is 4.79 Å². The van der Waals surface area contributed by atoms with Gasteiger partial charge in [0.25, 0.3) is 0 Å². The van der Waals surface area contributed by atoms with E-state index in [0.29, 0.717) is 23.9 Å². The van der Waals surface area contributed by atoms with Gasteiger partial charge in [0, 0.05) is 37.0 Å². The van der Waals surface area contributed by atoms with Crippen molar-refractivity contribution in [1.82, 2.24) is 10.2 Å². The lowest BCUT2D eigenvalue weighted by molar-refractivity contribution is 0.109. The van der Waals surface area contributed by atoms with Crippen molar-refractivity contribution >= 4 is 17.6 Å². The third-order valence-electron chi connectivity index (χ3n) is 5.59. The Morgan fingerprint density at radius 2 is 1.82 bits per heavy atom. The number of benzene rings is 2. The molecule has 2 N–H and O–H groups in total. The van der Waals surface area contributed by atoms with Gasteiger partial charge in [-0.3, -0.25) is 0 Å². The highest BCUT2D eigenvalue weighted by atomic mass is 35.5. The number of likely N-dealkylation sites (tertiary alicyclic amines) is 1. The molecule has 28 heavy (non-hydrogen) atoms. The number of amides is 2. The highest BCUT2D eigenvalue weighted by Crippen LogP contribution is 2.25. The average molecular weight is 401 g/mol. The molecule has 2 aromatic carbocycles. The highest BCUT2D eigenvalue weighted by molar-refractivity contribution is 6.30. The monoisotopic (exact) mass is 400 g/mol. The summed E-state index contributed by atoms with van der Waals surface area (Å²) in [7, 11) is 0. The molecule has 4 rings (SSSR count). The van der Waals surface area contributed by atoms with Crippen LogP contribution in [0, 0.1) is 0 Å². The molecule has 2 aromatic rings. The Morgan fingerprint density at radius 1 is 1.07 bits per heavy atom. The minimum Gasteiger partial charge on any atom is -0.508 e. The van der Waals surface area contributed by atoms with Crippen molar-refractivity contribution in [3.8, 4) is 11.5 Å². The average Bonchev–Trinajstić information content (AvgIpc) is 2.70. The normalized spacial score (nSPS) is 19.8. The van der Waals surface area contributed by atoms with Crippen LogP contribution in [0.2, 0.25) is 5.02 Å². The number of nitrogens with zero attached hydrogens (tertiary/aromatic N) is 1. The van der Waals surface area contributed by atoms with Gasteiger partial charge >= 0.3 is 6.03 Å². The zero-order chi connectivity index (χ0) is 19.5. The zero-order valence-electron chi connectivity index (χ0n) is 15.7. The molecule has 1 aliphatic carbocycles. The second kappa shape index (κ2) is 8.31. The fraction of sp³-hybridized carbons (Fsp3) is 0.409. The van der Waals surface area contributed by atoms with Gasteiger partial charge in [0.15, 0.2) is 0 Å². The Kier molecular flexibility index (Phi) is 5.62. The highest BCUT2D eigenvalue weighted by Gasteiger charge is 2.27. The molecule has 1 saturated heterocycles. The molecule has 1 unspecified atom stereocenters. The minimum atomic E-state index is 0.0113. The maximum Gasteiger partial charge on any atom is 0.317 e. The van der Waals surface area contributed by atoms with Gasteiger partial charge in [0.05, 0.1) is 0 Å². The number of urea groups is 1. The van der Waals surface area contributed by atoms with E-state index in [4.69, 9.17) is 16.3 Å². The third-order valence-corrected chi connectivity index (χ3v) is 5.84. The van der Waals surface area contributed by atoms with Crippen LogP contribution in [0.3, 0.4) is 0 Å². The summed E-state index contributed by atoms with van der Waals surface area (Å²) in [6.45, 7) is 1.39. The molecule has 0 bridgehead atoms. The number of aryl methyl sites for hydroxylation is 1. The van der Waals surface area contributed by atoms with Crippen LogP contribution in [0.15, 0.2) is 42.5 Å². The second-order valence-corrected chi connectivity index (χ2v) is 8.04. The van der Waals surface area contributed by atoms with Gasteiger partial charge in [-0.1, -0.05) is 17.7 Å². The molecule has 148 valence electrons. The Labute approximate surface area is 170 Å². The number of ether oxygens (including phenoxy) is 1. The van der Waals surface area contributed by atoms with Crippen LogP contribution in [0.25, 0.3) is 0 Å². The largest absolute Gasteiger partial charge is 0.508 e. The molecule has 2 aliphatic rings. The van der Waals surface area contributed by atoms with Crippen LogP contribution >= 0.6 is 11.6 Å². The Hall–Kier alpha value is -2.40. The number of phenols is 1. The van der Waals surface area contributed by atoms with E-state index >= 15 is 0 Å². The molecule has 0 spiro atoms. The SMILES string of the molecule is O=C(NC1CCc2cc(O)ccc2C1)N1CCC(Oc2ccc(Cl)cc2)CC1. The Morgan fingerprint density at radius 3 is 2.57 bits per heavy atom. The molecule has 1 heterocycles. The van der Waals surface area contributed by atoms with Gasteiger partial charge in [-0.15, -0.1) is 0 Å². The van der Waals surface area contributed by atoms with E-state index in [1.807, 2.05) is 41.3 Å². The first-order valence-corrected chi connectivity index (χ1v) is 10.2. The molecule has 0 aromatic heterocycles. The molecular formula is C22H25ClN2O3. The number of hydrogen-bond acceptors (Lipinski definition) is 3. The number of aromatic hydroxyl groups is 1. The van der Waals surface area contributed by atoms with Crippen LogP contribution in [-0.4, -0.2) is 41.3 Å². The number of piperidine rings is 1. The number of halogens is 1. The standard InChI is InChI=1S/C22H25ClN2O3/c23-17-3-7-20(8-4-17)28-21-9-11-25(12-10-21)22(27)24-18-5-1-16-14-19(26)6-2-15(16)13-18/h2-4,6-8,14,18,21,26H,1,5,9-13H2,(H,24,27). The lowest BCUT2D eigenvalue weighted by atomic mass is 9.88. The predicted octanol–water partition coefficient (Wildman–Crippen LogP) is 4.16. The first-order chi connectivity index (χ1) is 13.6. The van der Waals surface area contributed by atoms with E-state index in [1.165, 1.54) is 11.1 Å². The van der Waals surface area contributed by atoms with Gasteiger partial charge in [-0.25, -0.2) is 4.79 Å². The van der Waals surface area contributed by atoms with Crippen molar-refractivity contribution in [3.63, 3.8) is 0 Å². The van der Waals surface area contributed by atoms with E-state index in [1.54, 1.807) is 6.07 Å². The van der Waals surface area contributed by atoms with Crippen molar-refractivity contribution in [2.45, 2.75) is 44.2 Å². The summed E-state index contributed by atoms with van der Waals surface area (Å²) in [6.07, 6.45) is 4.37. The van der Waals surface area contributed by atoms with Crippen molar-refractivity contribution in [3.05, 3.63) is 58.6 Å². The first kappa shape index (κ1) is 18.9. The van der Waals surface area contributed by atoms with Crippen LogP contribution in [0.5, 0.6) is 11.5 Å². The number of carbonyl (C=O) groups is 1. The number of phenolic OH excluding ortho intramolecular Hbond substituents is 1. The molecule has 1 aliphatic heterocycles. The minimum absolute atomic E-state index is 0.0113. The molecule has 1 atom stereocenters. The molecule has 6 heteroatoms. The van der Waals surface area contributed by atoms with Gasteiger partial charge in [-0.05, 0) is 66.8 Å². The van der Waals surface area contributed by atoms with Gasteiger partial charge in [0.1, 0.15) is 17.6 Å². The summed E-state index contributed by atoms with van der Waals surface area (Å²) in [5.74, 6) is 1.13. The summed E-state index contributed by atoms with van der Waals surface area (Å²) in [4.78, 5) is 14.5. The summed E-state index contributed by atoms with van der Waals surface area (Å²) in [6, 6.07) is 13.1. The number of hydrogen-bond donors (Lipinski definition) is 2. The third kappa shape index (κ3) is 4.53. The molecule has 0 saturated carbocycles. The maximum atomic E-state index is 12.7. The smallest absolute Gasteiger partial charge is 0.317 e. The van der Waals surface area contributed by atoms with Crippen LogP contribution in [-0.2, 0) is 12.8 Å². The van der Waals surface area contributed by atoms with Crippen molar-refractivity contribution in [2.75, 3.05) is 13.1 Å².